The molecular formula is C20H12BrN3O3. The summed E-state index contributed by atoms with van der Waals surface area (Å²) in [7, 11) is 0. The minimum atomic E-state index is -0.551. The molecule has 27 heavy (non-hydrogen) atoms. The van der Waals surface area contributed by atoms with Crippen LogP contribution in [0.5, 0.6) is 0 Å². The molecule has 0 saturated heterocycles. The monoisotopic (exact) mass is 421 g/mol. The van der Waals surface area contributed by atoms with E-state index < -0.39 is 11.5 Å². The molecule has 2 heterocycles. The van der Waals surface area contributed by atoms with Crippen molar-refractivity contribution in [2.75, 3.05) is 5.32 Å². The number of halogens is 1. The largest absolute Gasteiger partial charge is 0.403 e. The maximum Gasteiger partial charge on any atom is 0.347 e. The molecule has 0 saturated carbocycles. The van der Waals surface area contributed by atoms with Crippen LogP contribution in [0.2, 0.25) is 0 Å². The second kappa shape index (κ2) is 7.13. The number of nitrogens with one attached hydrogen (secondary N) is 1. The van der Waals surface area contributed by atoms with E-state index in [1.165, 1.54) is 0 Å². The fourth-order valence-corrected chi connectivity index (χ4v) is 2.88. The van der Waals surface area contributed by atoms with Crippen molar-refractivity contribution in [1.82, 2.24) is 9.97 Å². The van der Waals surface area contributed by atoms with Crippen LogP contribution in [0.3, 0.4) is 0 Å². The van der Waals surface area contributed by atoms with E-state index in [-0.39, 0.29) is 22.4 Å². The molecule has 6 nitrogen and oxygen atoms in total. The predicted octanol–water partition coefficient (Wildman–Crippen LogP) is 4.26. The van der Waals surface area contributed by atoms with Crippen LogP contribution in [0, 0.1) is 0 Å². The molecule has 7 heteroatoms. The Kier molecular flexibility index (Phi) is 4.52. The highest BCUT2D eigenvalue weighted by Crippen LogP contribution is 2.23. The summed E-state index contributed by atoms with van der Waals surface area (Å²) in [5, 5.41) is 2.95. The maximum absolute atomic E-state index is 12.7. The van der Waals surface area contributed by atoms with Crippen LogP contribution >= 0.6 is 15.9 Å². The van der Waals surface area contributed by atoms with Crippen molar-refractivity contribution in [3.05, 3.63) is 87.3 Å². The molecule has 0 aliphatic rings. The number of amides is 1. The van der Waals surface area contributed by atoms with E-state index in [1.807, 2.05) is 12.1 Å². The number of fused-ring (bicyclic) bond motifs is 1. The highest BCUT2D eigenvalue weighted by Gasteiger charge is 2.16. The van der Waals surface area contributed by atoms with Crippen molar-refractivity contribution in [3.8, 4) is 11.5 Å². The van der Waals surface area contributed by atoms with Gasteiger partial charge in [0.05, 0.1) is 16.5 Å². The highest BCUT2D eigenvalue weighted by molar-refractivity contribution is 9.10. The first kappa shape index (κ1) is 17.1. The summed E-state index contributed by atoms with van der Waals surface area (Å²) in [6.07, 6.45) is 1.58. The van der Waals surface area contributed by atoms with E-state index in [2.05, 4.69) is 31.2 Å². The minimum Gasteiger partial charge on any atom is -0.403 e. The molecule has 0 fully saturated rings. The van der Waals surface area contributed by atoms with Gasteiger partial charge in [-0.15, -0.1) is 0 Å². The van der Waals surface area contributed by atoms with Gasteiger partial charge in [0.15, 0.2) is 0 Å². The summed E-state index contributed by atoms with van der Waals surface area (Å²) in [5.74, 6) is 0.160. The zero-order valence-electron chi connectivity index (χ0n) is 13.8. The summed E-state index contributed by atoms with van der Waals surface area (Å²) >= 11 is 3.36. The van der Waals surface area contributed by atoms with Gasteiger partial charge in [0.2, 0.25) is 5.89 Å². The third-order valence-electron chi connectivity index (χ3n) is 3.90. The first-order valence-corrected chi connectivity index (χ1v) is 8.83. The molecule has 1 amide bonds. The Labute approximate surface area is 162 Å². The lowest BCUT2D eigenvalue weighted by molar-refractivity contribution is 0.102. The van der Waals surface area contributed by atoms with Crippen LogP contribution in [0.4, 0.5) is 5.82 Å². The predicted molar refractivity (Wildman–Crippen MR) is 106 cm³/mol. The molecule has 0 atom stereocenters. The molecule has 0 bridgehead atoms. The number of hydrogen-bond acceptors (Lipinski definition) is 5. The van der Waals surface area contributed by atoms with Crippen molar-refractivity contribution in [2.24, 2.45) is 0 Å². The Morgan fingerprint density at radius 1 is 1.00 bits per heavy atom. The van der Waals surface area contributed by atoms with Crippen molar-refractivity contribution < 1.29 is 9.21 Å². The Morgan fingerprint density at radius 3 is 2.56 bits per heavy atom. The van der Waals surface area contributed by atoms with Gasteiger partial charge in [0.1, 0.15) is 5.82 Å². The molecular weight excluding hydrogens is 410 g/mol. The summed E-state index contributed by atoms with van der Waals surface area (Å²) in [6.45, 7) is 0. The van der Waals surface area contributed by atoms with Crippen molar-refractivity contribution in [1.29, 1.82) is 0 Å². The third-order valence-corrected chi connectivity index (χ3v) is 4.43. The number of aromatic nitrogens is 2. The number of rotatable bonds is 3. The average molecular weight is 422 g/mol. The van der Waals surface area contributed by atoms with E-state index in [4.69, 9.17) is 4.42 Å². The Hall–Kier alpha value is -3.32. The van der Waals surface area contributed by atoms with Gasteiger partial charge in [-0.25, -0.2) is 14.8 Å². The first-order valence-electron chi connectivity index (χ1n) is 8.04. The molecule has 4 aromatic rings. The van der Waals surface area contributed by atoms with Crippen molar-refractivity contribution >= 4 is 38.6 Å². The third kappa shape index (κ3) is 3.50. The summed E-state index contributed by atoms with van der Waals surface area (Å²) in [4.78, 5) is 33.6. The second-order valence-corrected chi connectivity index (χ2v) is 6.60. The molecule has 0 spiro atoms. The maximum atomic E-state index is 12.7. The SMILES string of the molecule is O=C(Nc1ccccn1)c1cccc2c(=O)oc(-c3ccc(Br)cc3)nc12. The normalized spacial score (nSPS) is 10.7. The van der Waals surface area contributed by atoms with Gasteiger partial charge in [0.25, 0.3) is 5.91 Å². The standard InChI is InChI=1S/C20H12BrN3O3/c21-13-9-7-12(8-10-13)19-24-17-14(4-3-5-15(17)20(26)27-19)18(25)23-16-6-1-2-11-22-16/h1-11H,(H,22,23,25). The lowest BCUT2D eigenvalue weighted by atomic mass is 10.1. The Balaban J connectivity index is 1.82. The fourth-order valence-electron chi connectivity index (χ4n) is 2.62. The summed E-state index contributed by atoms with van der Waals surface area (Å²) < 4.78 is 6.24. The molecule has 0 aliphatic carbocycles. The van der Waals surface area contributed by atoms with Crippen LogP contribution in [-0.2, 0) is 0 Å². The Morgan fingerprint density at radius 2 is 1.81 bits per heavy atom. The summed E-state index contributed by atoms with van der Waals surface area (Å²) in [5.41, 5.74) is 0.632. The van der Waals surface area contributed by atoms with E-state index in [9.17, 15) is 9.59 Å². The highest BCUT2D eigenvalue weighted by atomic mass is 79.9. The lowest BCUT2D eigenvalue weighted by Crippen LogP contribution is -2.15. The van der Waals surface area contributed by atoms with Crippen molar-refractivity contribution in [2.45, 2.75) is 0 Å². The van der Waals surface area contributed by atoms with Crippen LogP contribution in [0.1, 0.15) is 10.4 Å². The zero-order valence-corrected chi connectivity index (χ0v) is 15.4. The van der Waals surface area contributed by atoms with Crippen LogP contribution in [-0.4, -0.2) is 15.9 Å². The molecule has 0 aliphatic heterocycles. The number of benzene rings is 2. The average Bonchev–Trinajstić information content (AvgIpc) is 2.69. The first-order chi connectivity index (χ1) is 13.1. The topological polar surface area (TPSA) is 85.1 Å². The molecule has 132 valence electrons. The van der Waals surface area contributed by atoms with Crippen LogP contribution < -0.4 is 10.9 Å². The second-order valence-electron chi connectivity index (χ2n) is 5.68. The van der Waals surface area contributed by atoms with Gasteiger partial charge >= 0.3 is 5.63 Å². The number of carbonyl (C=O) groups excluding carboxylic acids is 1. The molecule has 0 unspecified atom stereocenters. The molecule has 2 aromatic carbocycles. The number of pyridine rings is 1. The van der Waals surface area contributed by atoms with Crippen LogP contribution in [0.25, 0.3) is 22.4 Å². The number of para-hydroxylation sites is 1. The van der Waals surface area contributed by atoms with Gasteiger partial charge in [-0.05, 0) is 48.5 Å². The number of nitrogens with zero attached hydrogens (tertiary/aromatic N) is 2. The number of anilines is 1. The van der Waals surface area contributed by atoms with Crippen LogP contribution in [0.15, 0.2) is 80.5 Å². The molecule has 2 aromatic heterocycles. The smallest absolute Gasteiger partial charge is 0.347 e. The fraction of sp³-hybridized carbons (Fsp3) is 0. The Bertz CT molecular complexity index is 1190. The molecule has 0 radical (unpaired) electrons. The zero-order chi connectivity index (χ0) is 18.8. The molecule has 4 rings (SSSR count). The van der Waals surface area contributed by atoms with Gasteiger partial charge < -0.3 is 9.73 Å². The van der Waals surface area contributed by atoms with E-state index in [1.54, 1.807) is 54.7 Å². The lowest BCUT2D eigenvalue weighted by Gasteiger charge is -2.07. The summed E-state index contributed by atoms with van der Waals surface area (Å²) in [6, 6.07) is 17.2. The van der Waals surface area contributed by atoms with Gasteiger partial charge in [0, 0.05) is 16.2 Å². The number of hydrogen-bond donors (Lipinski definition) is 1. The van der Waals surface area contributed by atoms with E-state index in [0.29, 0.717) is 11.4 Å². The van der Waals surface area contributed by atoms with E-state index in [0.717, 1.165) is 4.47 Å². The minimum absolute atomic E-state index is 0.151. The van der Waals surface area contributed by atoms with E-state index >= 15 is 0 Å². The quantitative estimate of drug-likeness (QED) is 0.533. The number of carbonyl (C=O) groups is 1. The van der Waals surface area contributed by atoms with Gasteiger partial charge in [-0.1, -0.05) is 28.1 Å². The van der Waals surface area contributed by atoms with Gasteiger partial charge in [-0.2, -0.15) is 0 Å². The van der Waals surface area contributed by atoms with Gasteiger partial charge in [-0.3, -0.25) is 4.79 Å². The molecule has 1 N–H and O–H groups in total. The van der Waals surface area contributed by atoms with Crippen molar-refractivity contribution in [3.63, 3.8) is 0 Å².